The molecule has 5 rings (SSSR count). The molecule has 1 aliphatic rings. The summed E-state index contributed by atoms with van der Waals surface area (Å²) in [6, 6.07) is 8.41. The Hall–Kier alpha value is -3.08. The fourth-order valence-electron chi connectivity index (χ4n) is 3.91. The predicted octanol–water partition coefficient (Wildman–Crippen LogP) is 4.91. The van der Waals surface area contributed by atoms with Gasteiger partial charge in [0.15, 0.2) is 5.82 Å². The molecule has 0 radical (unpaired) electrons. The maximum atomic E-state index is 4.75. The van der Waals surface area contributed by atoms with Gasteiger partial charge in [0.1, 0.15) is 5.52 Å². The number of nitrogens with zero attached hydrogens (tertiary/aromatic N) is 5. The van der Waals surface area contributed by atoms with E-state index in [1.165, 1.54) is 30.4 Å². The minimum Gasteiger partial charge on any atom is -0.320 e. The van der Waals surface area contributed by atoms with E-state index in [1.54, 1.807) is 0 Å². The smallest absolute Gasteiger partial charge is 0.183 e. The lowest BCUT2D eigenvalue weighted by Crippen LogP contribution is -1.96. The molecule has 0 unspecified atom stereocenters. The molecule has 0 atom stereocenters. The van der Waals surface area contributed by atoms with Gasteiger partial charge in [0, 0.05) is 18.0 Å². The summed E-state index contributed by atoms with van der Waals surface area (Å²) in [5.41, 5.74) is 8.41. The fraction of sp³-hybridized carbons (Fsp3) is 0.273. The van der Waals surface area contributed by atoms with E-state index in [0.29, 0.717) is 5.82 Å². The molecule has 1 aromatic carbocycles. The highest BCUT2D eigenvalue weighted by molar-refractivity contribution is 5.81. The van der Waals surface area contributed by atoms with E-state index in [9.17, 15) is 0 Å². The van der Waals surface area contributed by atoms with Crippen LogP contribution >= 0.6 is 0 Å². The zero-order valence-corrected chi connectivity index (χ0v) is 15.6. The van der Waals surface area contributed by atoms with E-state index >= 15 is 0 Å². The van der Waals surface area contributed by atoms with Gasteiger partial charge in [0.2, 0.25) is 0 Å². The number of rotatable bonds is 2. The summed E-state index contributed by atoms with van der Waals surface area (Å²) in [5, 5.41) is 8.86. The van der Waals surface area contributed by atoms with E-state index in [1.807, 2.05) is 26.2 Å². The third kappa shape index (κ3) is 2.89. The quantitative estimate of drug-likeness (QED) is 0.512. The third-order valence-corrected chi connectivity index (χ3v) is 5.26. The van der Waals surface area contributed by atoms with Crippen LogP contribution in [0.1, 0.15) is 42.6 Å². The summed E-state index contributed by atoms with van der Waals surface area (Å²) in [6.07, 6.45) is 11.3. The van der Waals surface area contributed by atoms with E-state index < -0.39 is 0 Å². The Morgan fingerprint density at radius 2 is 1.81 bits per heavy atom. The highest BCUT2D eigenvalue weighted by atomic mass is 15.2. The monoisotopic (exact) mass is 355 g/mol. The minimum atomic E-state index is 0.646. The van der Waals surface area contributed by atoms with Crippen LogP contribution < -0.4 is 0 Å². The molecule has 5 nitrogen and oxygen atoms in total. The second-order valence-corrected chi connectivity index (χ2v) is 7.30. The van der Waals surface area contributed by atoms with Crippen LogP contribution in [0.15, 0.2) is 42.7 Å². The third-order valence-electron chi connectivity index (χ3n) is 5.26. The van der Waals surface area contributed by atoms with Crippen LogP contribution in [-0.2, 0) is 0 Å². The van der Waals surface area contributed by atoms with E-state index in [-0.39, 0.29) is 0 Å². The molecule has 5 heteroatoms. The SMILES string of the molecule is Cc1cn2cc(-c3nnc4cc(C5=CCCCC5)ccc4n3)cc2c(C)n1. The molecule has 0 fully saturated rings. The first-order chi connectivity index (χ1) is 13.2. The highest BCUT2D eigenvalue weighted by Gasteiger charge is 2.12. The van der Waals surface area contributed by atoms with Gasteiger partial charge < -0.3 is 4.40 Å². The van der Waals surface area contributed by atoms with Gasteiger partial charge in [-0.05, 0) is 68.9 Å². The van der Waals surface area contributed by atoms with Crippen LogP contribution in [0.5, 0.6) is 0 Å². The Balaban J connectivity index is 1.56. The average molecular weight is 355 g/mol. The lowest BCUT2D eigenvalue weighted by Gasteiger charge is -2.13. The number of hydrogen-bond acceptors (Lipinski definition) is 4. The van der Waals surface area contributed by atoms with Crippen molar-refractivity contribution in [1.29, 1.82) is 0 Å². The van der Waals surface area contributed by atoms with Gasteiger partial charge in [0.05, 0.1) is 22.4 Å². The van der Waals surface area contributed by atoms with Crippen molar-refractivity contribution in [1.82, 2.24) is 24.6 Å². The first-order valence-electron chi connectivity index (χ1n) is 9.47. The van der Waals surface area contributed by atoms with Crippen LogP contribution in [0.2, 0.25) is 0 Å². The molecular formula is C22H21N5. The van der Waals surface area contributed by atoms with Gasteiger partial charge in [-0.2, -0.15) is 0 Å². The van der Waals surface area contributed by atoms with Crippen LogP contribution in [0.3, 0.4) is 0 Å². The second kappa shape index (κ2) is 6.27. The summed E-state index contributed by atoms with van der Waals surface area (Å²) < 4.78 is 2.08. The first kappa shape index (κ1) is 16.1. The van der Waals surface area contributed by atoms with Gasteiger partial charge in [-0.1, -0.05) is 12.1 Å². The first-order valence-corrected chi connectivity index (χ1v) is 9.47. The van der Waals surface area contributed by atoms with Crippen molar-refractivity contribution >= 4 is 22.1 Å². The largest absolute Gasteiger partial charge is 0.320 e. The zero-order chi connectivity index (χ0) is 18.4. The lowest BCUT2D eigenvalue weighted by atomic mass is 9.93. The Bertz CT molecular complexity index is 1200. The van der Waals surface area contributed by atoms with E-state index in [4.69, 9.17) is 4.98 Å². The summed E-state index contributed by atoms with van der Waals surface area (Å²) in [7, 11) is 0. The molecule has 4 aromatic rings. The maximum Gasteiger partial charge on any atom is 0.183 e. The van der Waals surface area contributed by atoms with Crippen molar-refractivity contribution < 1.29 is 0 Å². The van der Waals surface area contributed by atoms with Crippen LogP contribution in [0.4, 0.5) is 0 Å². The van der Waals surface area contributed by atoms with E-state index in [0.717, 1.165) is 39.9 Å². The standard InChI is InChI=1S/C22H21N5/c1-14-12-27-13-18(11-21(27)15(2)23-14)22-24-19-9-8-17(10-20(19)25-26-22)16-6-4-3-5-7-16/h6,8-13H,3-5,7H2,1-2H3. The predicted molar refractivity (Wildman–Crippen MR) is 107 cm³/mol. The normalized spacial score (nSPS) is 14.7. The van der Waals surface area contributed by atoms with Gasteiger partial charge in [-0.25, -0.2) is 4.98 Å². The molecule has 27 heavy (non-hydrogen) atoms. The van der Waals surface area contributed by atoms with Gasteiger partial charge >= 0.3 is 0 Å². The molecule has 3 heterocycles. The minimum absolute atomic E-state index is 0.646. The number of aromatic nitrogens is 5. The van der Waals surface area contributed by atoms with Crippen molar-refractivity contribution in [3.05, 3.63) is 59.7 Å². The summed E-state index contributed by atoms with van der Waals surface area (Å²) in [5.74, 6) is 0.646. The topological polar surface area (TPSA) is 56.0 Å². The van der Waals surface area contributed by atoms with Crippen molar-refractivity contribution in [2.75, 3.05) is 0 Å². The Morgan fingerprint density at radius 3 is 2.67 bits per heavy atom. The number of fused-ring (bicyclic) bond motifs is 2. The molecule has 1 aliphatic carbocycles. The van der Waals surface area contributed by atoms with Crippen LogP contribution in [0.25, 0.3) is 33.5 Å². The Labute approximate surface area is 157 Å². The second-order valence-electron chi connectivity index (χ2n) is 7.30. The molecule has 0 bridgehead atoms. The fourth-order valence-corrected chi connectivity index (χ4v) is 3.91. The van der Waals surface area contributed by atoms with Gasteiger partial charge in [-0.3, -0.25) is 4.98 Å². The molecule has 0 saturated carbocycles. The van der Waals surface area contributed by atoms with Gasteiger partial charge in [0.25, 0.3) is 0 Å². The van der Waals surface area contributed by atoms with Crippen molar-refractivity contribution in [2.24, 2.45) is 0 Å². The van der Waals surface area contributed by atoms with Crippen LogP contribution in [-0.4, -0.2) is 24.6 Å². The molecule has 0 spiro atoms. The molecule has 0 aliphatic heterocycles. The van der Waals surface area contributed by atoms with Crippen molar-refractivity contribution in [3.8, 4) is 11.4 Å². The summed E-state index contributed by atoms with van der Waals surface area (Å²) in [4.78, 5) is 9.28. The molecule has 134 valence electrons. The molecule has 0 saturated heterocycles. The molecule has 0 amide bonds. The molecule has 0 N–H and O–H groups in total. The van der Waals surface area contributed by atoms with E-state index in [2.05, 4.69) is 49.9 Å². The van der Waals surface area contributed by atoms with Gasteiger partial charge in [-0.15, -0.1) is 10.2 Å². The number of aryl methyl sites for hydroxylation is 2. The van der Waals surface area contributed by atoms with Crippen LogP contribution in [0, 0.1) is 13.8 Å². The lowest BCUT2D eigenvalue weighted by molar-refractivity contribution is 0.742. The zero-order valence-electron chi connectivity index (χ0n) is 15.6. The van der Waals surface area contributed by atoms with Crippen molar-refractivity contribution in [2.45, 2.75) is 39.5 Å². The molecular weight excluding hydrogens is 334 g/mol. The number of hydrogen-bond donors (Lipinski definition) is 0. The highest BCUT2D eigenvalue weighted by Crippen LogP contribution is 2.28. The van der Waals surface area contributed by atoms with Crippen molar-refractivity contribution in [3.63, 3.8) is 0 Å². The Kier molecular flexibility index (Phi) is 3.74. The maximum absolute atomic E-state index is 4.75. The summed E-state index contributed by atoms with van der Waals surface area (Å²) >= 11 is 0. The average Bonchev–Trinajstić information content (AvgIpc) is 3.12. The number of benzene rings is 1. The molecule has 3 aromatic heterocycles. The summed E-state index contributed by atoms with van der Waals surface area (Å²) in [6.45, 7) is 4.02. The number of allylic oxidation sites excluding steroid dienone is 2. The Morgan fingerprint density at radius 1 is 0.889 bits per heavy atom.